The number of anilines is 1. The van der Waals surface area contributed by atoms with Crippen molar-refractivity contribution in [2.24, 2.45) is 0 Å². The van der Waals surface area contributed by atoms with Gasteiger partial charge >= 0.3 is 5.97 Å². The topological polar surface area (TPSA) is 63.7 Å². The van der Waals surface area contributed by atoms with Crippen LogP contribution in [-0.4, -0.2) is 31.3 Å². The first kappa shape index (κ1) is 16.4. The van der Waals surface area contributed by atoms with Crippen LogP contribution in [0, 0.1) is 0 Å². The van der Waals surface area contributed by atoms with Gasteiger partial charge in [0.2, 0.25) is 0 Å². The lowest BCUT2D eigenvalue weighted by atomic mass is 10.1. The van der Waals surface area contributed by atoms with E-state index in [2.05, 4.69) is 0 Å². The van der Waals surface area contributed by atoms with Gasteiger partial charge in [-0.3, -0.25) is 9.59 Å². The van der Waals surface area contributed by atoms with Crippen LogP contribution in [0.2, 0.25) is 0 Å². The summed E-state index contributed by atoms with van der Waals surface area (Å²) in [5.41, 5.74) is 1.08. The number of hydrogen-bond donors (Lipinski definition) is 0. The summed E-state index contributed by atoms with van der Waals surface area (Å²) < 4.78 is 4.91. The molecule has 0 atom stereocenters. The number of nitrogens with zero attached hydrogens (tertiary/aromatic N) is 1. The molecule has 0 aromatic heterocycles. The second-order valence-corrected chi connectivity index (χ2v) is 5.02. The van der Waals surface area contributed by atoms with E-state index in [9.17, 15) is 14.4 Å². The Morgan fingerprint density at radius 3 is 2.09 bits per heavy atom. The predicted octanol–water partition coefficient (Wildman–Crippen LogP) is 2.71. The molecule has 2 aromatic carbocycles. The Kier molecular flexibility index (Phi) is 5.25. The van der Waals surface area contributed by atoms with Gasteiger partial charge in [-0.15, -0.1) is 0 Å². The molecule has 2 aromatic rings. The predicted molar refractivity (Wildman–Crippen MR) is 86.6 cm³/mol. The summed E-state index contributed by atoms with van der Waals surface area (Å²) in [4.78, 5) is 37.1. The maximum Gasteiger partial charge on any atom is 0.339 e. The van der Waals surface area contributed by atoms with E-state index >= 15 is 0 Å². The zero-order valence-corrected chi connectivity index (χ0v) is 13.0. The summed E-state index contributed by atoms with van der Waals surface area (Å²) in [6, 6.07) is 15.5. The summed E-state index contributed by atoms with van der Waals surface area (Å²) in [7, 11) is 1.63. The third kappa shape index (κ3) is 4.03. The molecule has 0 heterocycles. The van der Waals surface area contributed by atoms with Crippen LogP contribution in [0.5, 0.6) is 0 Å². The third-order valence-electron chi connectivity index (χ3n) is 3.23. The smallest absolute Gasteiger partial charge is 0.339 e. The molecule has 0 N–H and O–H groups in total. The monoisotopic (exact) mass is 311 g/mol. The van der Waals surface area contributed by atoms with Gasteiger partial charge in [-0.25, -0.2) is 4.79 Å². The lowest BCUT2D eigenvalue weighted by molar-refractivity contribution is -0.120. The number of carbonyl (C=O) groups excluding carboxylic acids is 3. The molecule has 0 fully saturated rings. The summed E-state index contributed by atoms with van der Waals surface area (Å²) >= 11 is 0. The van der Waals surface area contributed by atoms with E-state index in [1.54, 1.807) is 37.4 Å². The minimum absolute atomic E-state index is 0.140. The van der Waals surface area contributed by atoms with Crippen LogP contribution >= 0.6 is 0 Å². The van der Waals surface area contributed by atoms with Crippen LogP contribution in [0.3, 0.4) is 0 Å². The van der Waals surface area contributed by atoms with E-state index in [4.69, 9.17) is 4.74 Å². The molecule has 118 valence electrons. The average molecular weight is 311 g/mol. The Morgan fingerprint density at radius 1 is 0.913 bits per heavy atom. The van der Waals surface area contributed by atoms with Crippen LogP contribution in [-0.2, 0) is 9.53 Å². The third-order valence-corrected chi connectivity index (χ3v) is 3.23. The Balaban J connectivity index is 2.27. The van der Waals surface area contributed by atoms with Crippen molar-refractivity contribution >= 4 is 23.3 Å². The number of Topliss-reactive ketones (excluding diaryl/α,β-unsaturated/α-hetero) is 1. The van der Waals surface area contributed by atoms with Crippen LogP contribution in [0.4, 0.5) is 5.69 Å². The fraction of sp³-hybridized carbons (Fsp3) is 0.167. The molecule has 23 heavy (non-hydrogen) atoms. The molecule has 5 nitrogen and oxygen atoms in total. The van der Waals surface area contributed by atoms with Crippen molar-refractivity contribution < 1.29 is 19.1 Å². The second kappa shape index (κ2) is 7.35. The molecule has 0 saturated heterocycles. The van der Waals surface area contributed by atoms with Gasteiger partial charge in [0.25, 0.3) is 5.91 Å². The molecular weight excluding hydrogens is 294 g/mol. The molecule has 0 spiro atoms. The first-order valence-corrected chi connectivity index (χ1v) is 7.09. The lowest BCUT2D eigenvalue weighted by Crippen LogP contribution is -2.28. The SMILES string of the molecule is CC(=O)COC(=O)c1ccccc1C(=O)N(C)c1ccccc1. The Bertz CT molecular complexity index is 725. The van der Waals surface area contributed by atoms with Gasteiger partial charge < -0.3 is 9.64 Å². The van der Waals surface area contributed by atoms with Gasteiger partial charge in [-0.1, -0.05) is 30.3 Å². The highest BCUT2D eigenvalue weighted by atomic mass is 16.5. The van der Waals surface area contributed by atoms with Crippen molar-refractivity contribution in [3.63, 3.8) is 0 Å². The van der Waals surface area contributed by atoms with Crippen molar-refractivity contribution in [3.8, 4) is 0 Å². The van der Waals surface area contributed by atoms with E-state index in [0.29, 0.717) is 5.69 Å². The molecule has 2 rings (SSSR count). The van der Waals surface area contributed by atoms with Gasteiger partial charge in [0.1, 0.15) is 6.61 Å². The highest BCUT2D eigenvalue weighted by Crippen LogP contribution is 2.18. The molecule has 1 amide bonds. The number of ether oxygens (including phenoxy) is 1. The Hall–Kier alpha value is -2.95. The standard InChI is InChI=1S/C18H17NO4/c1-13(20)12-23-18(22)16-11-7-6-10-15(16)17(21)19(2)14-8-4-3-5-9-14/h3-11H,12H2,1-2H3. The number of benzene rings is 2. The van der Waals surface area contributed by atoms with E-state index < -0.39 is 5.97 Å². The number of esters is 1. The fourth-order valence-corrected chi connectivity index (χ4v) is 2.04. The summed E-state index contributed by atoms with van der Waals surface area (Å²) in [6.07, 6.45) is 0. The quantitative estimate of drug-likeness (QED) is 0.796. The van der Waals surface area contributed by atoms with Crippen LogP contribution < -0.4 is 4.90 Å². The zero-order chi connectivity index (χ0) is 16.8. The van der Waals surface area contributed by atoms with Crippen molar-refractivity contribution in [2.75, 3.05) is 18.6 Å². The van der Waals surface area contributed by atoms with Gasteiger partial charge in [-0.2, -0.15) is 0 Å². The van der Waals surface area contributed by atoms with Gasteiger partial charge in [0.15, 0.2) is 5.78 Å². The van der Waals surface area contributed by atoms with Crippen molar-refractivity contribution in [1.82, 2.24) is 0 Å². The van der Waals surface area contributed by atoms with Gasteiger partial charge in [0, 0.05) is 12.7 Å². The lowest BCUT2D eigenvalue weighted by Gasteiger charge is -2.18. The molecule has 0 bridgehead atoms. The van der Waals surface area contributed by atoms with Gasteiger partial charge in [0.05, 0.1) is 11.1 Å². The maximum atomic E-state index is 12.7. The van der Waals surface area contributed by atoms with E-state index in [-0.39, 0.29) is 29.4 Å². The fourth-order valence-electron chi connectivity index (χ4n) is 2.04. The number of ketones is 1. The van der Waals surface area contributed by atoms with E-state index in [1.807, 2.05) is 18.2 Å². The van der Waals surface area contributed by atoms with Crippen LogP contribution in [0.25, 0.3) is 0 Å². The van der Waals surface area contributed by atoms with E-state index in [0.717, 1.165) is 0 Å². The van der Waals surface area contributed by atoms with Crippen molar-refractivity contribution in [1.29, 1.82) is 0 Å². The normalized spacial score (nSPS) is 10.0. The molecule has 5 heteroatoms. The number of amides is 1. The van der Waals surface area contributed by atoms with Crippen LogP contribution in [0.15, 0.2) is 54.6 Å². The second-order valence-electron chi connectivity index (χ2n) is 5.02. The van der Waals surface area contributed by atoms with E-state index in [1.165, 1.54) is 17.9 Å². The molecule has 0 radical (unpaired) electrons. The summed E-state index contributed by atoms with van der Waals surface area (Å²) in [6.45, 7) is 1.02. The summed E-state index contributed by atoms with van der Waals surface area (Å²) in [5.74, 6) is -1.28. The zero-order valence-electron chi connectivity index (χ0n) is 13.0. The first-order chi connectivity index (χ1) is 11.0. The highest BCUT2D eigenvalue weighted by molar-refractivity contribution is 6.12. The molecule has 0 aliphatic heterocycles. The minimum Gasteiger partial charge on any atom is -0.454 e. The average Bonchev–Trinajstić information content (AvgIpc) is 2.59. The maximum absolute atomic E-state index is 12.7. The van der Waals surface area contributed by atoms with Crippen molar-refractivity contribution in [2.45, 2.75) is 6.92 Å². The van der Waals surface area contributed by atoms with Crippen LogP contribution in [0.1, 0.15) is 27.6 Å². The first-order valence-electron chi connectivity index (χ1n) is 7.09. The minimum atomic E-state index is -0.689. The largest absolute Gasteiger partial charge is 0.454 e. The molecule has 0 aliphatic rings. The summed E-state index contributed by atoms with van der Waals surface area (Å²) in [5, 5.41) is 0. The number of hydrogen-bond acceptors (Lipinski definition) is 4. The number of rotatable bonds is 5. The number of carbonyl (C=O) groups is 3. The Labute approximate surface area is 134 Å². The molecular formula is C18H17NO4. The number of para-hydroxylation sites is 1. The molecule has 0 aliphatic carbocycles. The Morgan fingerprint density at radius 2 is 1.48 bits per heavy atom. The van der Waals surface area contributed by atoms with Gasteiger partial charge in [-0.05, 0) is 31.2 Å². The molecule has 0 unspecified atom stereocenters. The highest BCUT2D eigenvalue weighted by Gasteiger charge is 2.21. The van der Waals surface area contributed by atoms with Crippen molar-refractivity contribution in [3.05, 3.63) is 65.7 Å². The molecule has 0 saturated carbocycles.